The molecule has 0 aliphatic heterocycles. The number of unbranched alkanes of at least 4 members (excludes halogenated alkanes) is 1. The van der Waals surface area contributed by atoms with Gasteiger partial charge in [0, 0.05) is 64.4 Å². The molecule has 17 heteroatoms. The monoisotopic (exact) mass is 764 g/mol. The van der Waals surface area contributed by atoms with Crippen LogP contribution in [-0.2, 0) is 53.3 Å². The minimum Gasteiger partial charge on any atom is -0.482 e. The van der Waals surface area contributed by atoms with Crippen LogP contribution in [-0.4, -0.2) is 88.6 Å². The largest absolute Gasteiger partial charge is 0.501 e. The van der Waals surface area contributed by atoms with Gasteiger partial charge in [-0.05, 0) is 61.7 Å². The van der Waals surface area contributed by atoms with Gasteiger partial charge in [-0.15, -0.1) is 8.42 Å². The smallest absolute Gasteiger partial charge is 0.482 e. The fourth-order valence-electron chi connectivity index (χ4n) is 5.43. The molecule has 1 unspecified atom stereocenters. The van der Waals surface area contributed by atoms with Gasteiger partial charge in [-0.1, -0.05) is 13.3 Å². The normalized spacial score (nSPS) is 19.6. The first-order valence-corrected chi connectivity index (χ1v) is 18.2. The first kappa shape index (κ1) is 42.4. The predicted molar refractivity (Wildman–Crippen MR) is 184 cm³/mol. The first-order valence-electron chi connectivity index (χ1n) is 16.9. The summed E-state index contributed by atoms with van der Waals surface area (Å²) in [5.74, 6) is -5.28. The number of ether oxygens (including phenoxy) is 6. The molecule has 0 heterocycles. The molecule has 0 saturated heterocycles. The third kappa shape index (κ3) is 13.8. The number of hydrogen-bond donors (Lipinski definition) is 0. The number of carbonyl (C=O) groups excluding carboxylic acids is 6. The molecule has 1 aliphatic rings. The minimum absolute atomic E-state index is 0.0621. The van der Waals surface area contributed by atoms with Crippen LogP contribution >= 0.6 is 0 Å². The molecule has 1 aliphatic carbocycles. The van der Waals surface area contributed by atoms with Crippen molar-refractivity contribution in [3.8, 4) is 17.2 Å². The maximum atomic E-state index is 13.2. The predicted octanol–water partition coefficient (Wildman–Crippen LogP) is 4.11. The average Bonchev–Trinajstić information content (AvgIpc) is 3.08. The van der Waals surface area contributed by atoms with E-state index < -0.39 is 70.4 Å². The highest BCUT2D eigenvalue weighted by atomic mass is 32.3. The van der Waals surface area contributed by atoms with Gasteiger partial charge in [0.1, 0.15) is 24.2 Å². The second-order valence-electron chi connectivity index (χ2n) is 12.1. The summed E-state index contributed by atoms with van der Waals surface area (Å²) in [6, 6.07) is 8.88. The van der Waals surface area contributed by atoms with Crippen LogP contribution in [0.5, 0.6) is 17.2 Å². The number of aldehydes is 1. The van der Waals surface area contributed by atoms with Crippen LogP contribution in [0.2, 0.25) is 0 Å². The molecule has 16 nitrogen and oxygen atoms in total. The van der Waals surface area contributed by atoms with Crippen molar-refractivity contribution < 1.29 is 74.0 Å². The van der Waals surface area contributed by atoms with E-state index in [1.54, 1.807) is 0 Å². The van der Waals surface area contributed by atoms with E-state index in [2.05, 4.69) is 0 Å². The molecule has 0 amide bonds. The summed E-state index contributed by atoms with van der Waals surface area (Å²) >= 11 is 0. The highest BCUT2D eigenvalue weighted by Crippen LogP contribution is 2.38. The minimum atomic E-state index is -4.92. The number of hydrogen-bond acceptors (Lipinski definition) is 16. The number of Topliss-reactive ketones (excluding diaryl/α,β-unsaturated/α-hetero) is 1. The second kappa shape index (κ2) is 20.3. The zero-order chi connectivity index (χ0) is 39.1. The van der Waals surface area contributed by atoms with Crippen LogP contribution in [0.3, 0.4) is 0 Å². The number of rotatable bonds is 20. The lowest BCUT2D eigenvalue weighted by molar-refractivity contribution is -0.213. The summed E-state index contributed by atoms with van der Waals surface area (Å²) in [7, 11) is -4.92. The van der Waals surface area contributed by atoms with Crippen LogP contribution in [0.4, 0.5) is 0 Å². The Labute approximate surface area is 307 Å². The van der Waals surface area contributed by atoms with Gasteiger partial charge < -0.3 is 36.8 Å². The summed E-state index contributed by atoms with van der Waals surface area (Å²) in [5.41, 5.74) is 0.324. The molecule has 290 valence electrons. The van der Waals surface area contributed by atoms with Crippen LogP contribution in [0.1, 0.15) is 87.4 Å². The van der Waals surface area contributed by atoms with Crippen LogP contribution in [0, 0.1) is 5.92 Å². The lowest BCUT2D eigenvalue weighted by Crippen LogP contribution is -2.60. The van der Waals surface area contributed by atoms with Gasteiger partial charge >= 0.3 is 34.3 Å². The molecule has 3 rings (SSSR count). The van der Waals surface area contributed by atoms with E-state index >= 15 is 0 Å². The number of carbonyl (C=O) groups is 6. The molecule has 0 aromatic heterocycles. The summed E-state index contributed by atoms with van der Waals surface area (Å²) in [6.45, 7) is 7.03. The van der Waals surface area contributed by atoms with Crippen molar-refractivity contribution in [3.63, 3.8) is 0 Å². The van der Waals surface area contributed by atoms with Gasteiger partial charge in [-0.25, -0.2) is 0 Å². The number of esters is 4. The zero-order valence-corrected chi connectivity index (χ0v) is 30.9. The molecule has 1 fully saturated rings. The lowest BCUT2D eigenvalue weighted by Gasteiger charge is -2.44. The van der Waals surface area contributed by atoms with Crippen LogP contribution in [0.25, 0.3) is 0 Å². The molecule has 53 heavy (non-hydrogen) atoms. The molecule has 2 aromatic rings. The van der Waals surface area contributed by atoms with E-state index in [0.29, 0.717) is 25.9 Å². The van der Waals surface area contributed by atoms with Gasteiger partial charge in [-0.3, -0.25) is 28.8 Å². The first-order chi connectivity index (χ1) is 25.1. The van der Waals surface area contributed by atoms with Crippen molar-refractivity contribution in [1.29, 1.82) is 0 Å². The third-order valence-electron chi connectivity index (χ3n) is 7.71. The van der Waals surface area contributed by atoms with E-state index in [9.17, 15) is 37.2 Å². The topological polar surface area (TPSA) is 210 Å². The van der Waals surface area contributed by atoms with E-state index in [1.165, 1.54) is 36.4 Å². The third-order valence-corrected chi connectivity index (χ3v) is 8.49. The van der Waals surface area contributed by atoms with Crippen molar-refractivity contribution >= 4 is 46.3 Å². The van der Waals surface area contributed by atoms with Crippen molar-refractivity contribution in [2.75, 3.05) is 19.8 Å². The van der Waals surface area contributed by atoms with Crippen molar-refractivity contribution in [1.82, 2.24) is 0 Å². The van der Waals surface area contributed by atoms with Crippen molar-refractivity contribution in [2.24, 2.45) is 5.92 Å². The molecule has 1 saturated carbocycles. The van der Waals surface area contributed by atoms with E-state index in [4.69, 9.17) is 36.8 Å². The Morgan fingerprint density at radius 3 is 1.98 bits per heavy atom. The van der Waals surface area contributed by atoms with Gasteiger partial charge in [-0.2, -0.15) is 0 Å². The molecule has 2 aromatic carbocycles. The van der Waals surface area contributed by atoms with Gasteiger partial charge in [0.25, 0.3) is 0 Å². The quantitative estimate of drug-likeness (QED) is 0.0611. The molecule has 5 atom stereocenters. The fraction of sp³-hybridized carbons (Fsp3) is 0.500. The van der Waals surface area contributed by atoms with Crippen molar-refractivity contribution in [3.05, 3.63) is 53.6 Å². The summed E-state index contributed by atoms with van der Waals surface area (Å²) in [6.07, 6.45) is -2.73. The molecule has 0 radical (unpaired) electrons. The Hall–Kier alpha value is -5.03. The number of benzene rings is 2. The van der Waals surface area contributed by atoms with E-state index in [0.717, 1.165) is 46.6 Å². The summed E-state index contributed by atoms with van der Waals surface area (Å²) < 4.78 is 70.3. The highest BCUT2D eigenvalue weighted by Gasteiger charge is 2.52. The lowest BCUT2D eigenvalue weighted by atomic mass is 9.80. The molecular formula is C36H44O16S. The molecular weight excluding hydrogens is 720 g/mol. The fourth-order valence-corrected chi connectivity index (χ4v) is 6.16. The highest BCUT2D eigenvalue weighted by molar-refractivity contribution is 7.82. The Bertz CT molecular complexity index is 1700. The number of ketones is 1. The molecule has 0 N–H and O–H groups in total. The Balaban J connectivity index is 2.04. The summed E-state index contributed by atoms with van der Waals surface area (Å²) in [4.78, 5) is 72.7. The van der Waals surface area contributed by atoms with Crippen molar-refractivity contribution in [2.45, 2.75) is 91.1 Å². The van der Waals surface area contributed by atoms with E-state index in [1.807, 2.05) is 6.92 Å². The SMILES string of the molecule is CCCCOCCCC(=O)c1ccc(OC2C[C@H](COC(C)=O)[C@H](OC(C)=O)[C@H](OC(C)=O)[C@H]2OC(C)=O)c(OS(=O)(=O)Oc2ccc(C=O)cc2)c1. The van der Waals surface area contributed by atoms with Crippen LogP contribution in [0.15, 0.2) is 42.5 Å². The zero-order valence-electron chi connectivity index (χ0n) is 30.1. The second-order valence-corrected chi connectivity index (χ2v) is 13.2. The maximum absolute atomic E-state index is 13.2. The molecule has 0 spiro atoms. The van der Waals surface area contributed by atoms with Gasteiger partial charge in [0.15, 0.2) is 29.5 Å². The van der Waals surface area contributed by atoms with Crippen LogP contribution < -0.4 is 13.1 Å². The average molecular weight is 765 g/mol. The standard InChI is InChI=1S/C36H44O16S/c1-6-7-16-45-17-8-9-30(42)27-12-15-31(32(18-27)52-53(43,44)51-29-13-10-26(20-37)11-14-29)50-33-19-28(21-46-22(2)38)34(47-23(3)39)36(49-25(5)41)35(33)48-24(4)40/h10-15,18,20,28,33-36H,6-9,16-17,19,21H2,1-5H3/t28-,33?,34+,35+,36+/m1/s1. The van der Waals surface area contributed by atoms with Gasteiger partial charge in [0.2, 0.25) is 0 Å². The maximum Gasteiger partial charge on any atom is 0.501 e. The Morgan fingerprint density at radius 2 is 1.38 bits per heavy atom. The Kier molecular flexibility index (Phi) is 16.2. The summed E-state index contributed by atoms with van der Waals surface area (Å²) in [5, 5.41) is 0. The van der Waals surface area contributed by atoms with E-state index in [-0.39, 0.29) is 47.9 Å². The Morgan fingerprint density at radius 1 is 0.755 bits per heavy atom. The molecule has 0 bridgehead atoms. The van der Waals surface area contributed by atoms with Gasteiger partial charge in [0.05, 0.1) is 6.61 Å².